The third-order valence-electron chi connectivity index (χ3n) is 6.81. The SMILES string of the molecule is CCCCc1cc(Cc2cc(CCCC)c(N)c(C(C)(O)C(F)(F)F)c2)cc(C(C)(O)C(F)(F)F)c1N. The topological polar surface area (TPSA) is 92.5 Å². The summed E-state index contributed by atoms with van der Waals surface area (Å²) in [6.45, 7) is 5.06. The summed E-state index contributed by atoms with van der Waals surface area (Å²) in [6.07, 6.45) is -6.54. The number of hydrogen-bond donors (Lipinski definition) is 4. The molecule has 0 aliphatic carbocycles. The van der Waals surface area contributed by atoms with Gasteiger partial charge in [0.1, 0.15) is 0 Å². The largest absolute Gasteiger partial charge is 0.421 e. The van der Waals surface area contributed by atoms with Crippen molar-refractivity contribution in [3.63, 3.8) is 0 Å². The first-order chi connectivity index (χ1) is 16.9. The number of rotatable bonds is 10. The van der Waals surface area contributed by atoms with Gasteiger partial charge in [-0.1, -0.05) is 51.0 Å². The molecule has 0 amide bonds. The molecule has 4 nitrogen and oxygen atoms in total. The lowest BCUT2D eigenvalue weighted by Gasteiger charge is -2.30. The smallest absolute Gasteiger partial charge is 0.398 e. The van der Waals surface area contributed by atoms with Crippen molar-refractivity contribution in [2.45, 2.75) is 96.2 Å². The van der Waals surface area contributed by atoms with Gasteiger partial charge < -0.3 is 21.7 Å². The number of benzene rings is 2. The average molecular weight is 535 g/mol. The van der Waals surface area contributed by atoms with E-state index < -0.39 is 34.7 Å². The number of aliphatic hydroxyl groups is 2. The molecule has 2 rings (SSSR count). The van der Waals surface area contributed by atoms with Crippen LogP contribution in [0.4, 0.5) is 37.7 Å². The fraction of sp³-hybridized carbons (Fsp3) is 0.556. The van der Waals surface area contributed by atoms with Crippen molar-refractivity contribution in [3.8, 4) is 0 Å². The molecule has 208 valence electrons. The quantitative estimate of drug-likeness (QED) is 0.202. The standard InChI is InChI=1S/C27H36F6N2O2/c1-5-7-9-18-12-16(14-20(22(18)34)24(3,36)26(28,29)30)11-17-13-19(10-8-6-2)23(35)21(15-17)25(4,37)27(31,32)33/h12-15,36-37H,5-11,34-35H2,1-4H3. The van der Waals surface area contributed by atoms with Crippen LogP contribution in [0.5, 0.6) is 0 Å². The molecule has 0 aliphatic heterocycles. The Morgan fingerprint density at radius 1 is 0.649 bits per heavy atom. The molecule has 0 aromatic heterocycles. The first-order valence-electron chi connectivity index (χ1n) is 12.3. The van der Waals surface area contributed by atoms with Crippen LogP contribution in [0.25, 0.3) is 0 Å². The van der Waals surface area contributed by atoms with E-state index in [2.05, 4.69) is 0 Å². The zero-order valence-corrected chi connectivity index (χ0v) is 21.6. The third-order valence-corrected chi connectivity index (χ3v) is 6.81. The predicted octanol–water partition coefficient (Wildman–Crippen LogP) is 6.67. The molecule has 2 aromatic rings. The van der Waals surface area contributed by atoms with E-state index in [0.29, 0.717) is 61.8 Å². The van der Waals surface area contributed by atoms with Crippen LogP contribution in [0, 0.1) is 0 Å². The minimum atomic E-state index is -5.01. The summed E-state index contributed by atoms with van der Waals surface area (Å²) in [4.78, 5) is 0. The van der Waals surface area contributed by atoms with Gasteiger partial charge in [-0.2, -0.15) is 26.3 Å². The summed E-state index contributed by atoms with van der Waals surface area (Å²) in [6, 6.07) is 5.51. The molecule has 0 fully saturated rings. The fourth-order valence-electron chi connectivity index (χ4n) is 4.26. The zero-order chi connectivity index (χ0) is 28.4. The Kier molecular flexibility index (Phi) is 9.24. The average Bonchev–Trinajstić information content (AvgIpc) is 2.77. The van der Waals surface area contributed by atoms with Crippen molar-refractivity contribution in [1.29, 1.82) is 0 Å². The number of hydrogen-bond acceptors (Lipinski definition) is 4. The number of anilines is 2. The highest BCUT2D eigenvalue weighted by Crippen LogP contribution is 2.44. The predicted molar refractivity (Wildman–Crippen MR) is 133 cm³/mol. The monoisotopic (exact) mass is 534 g/mol. The Labute approximate surface area is 213 Å². The summed E-state index contributed by atoms with van der Waals surface area (Å²) in [5, 5.41) is 20.8. The Hall–Kier alpha value is -2.46. The molecule has 2 unspecified atom stereocenters. The number of unbranched alkanes of at least 4 members (excludes halogenated alkanes) is 2. The number of aryl methyl sites for hydroxylation is 2. The van der Waals surface area contributed by atoms with E-state index in [1.54, 1.807) is 12.1 Å². The lowest BCUT2D eigenvalue weighted by Crippen LogP contribution is -2.40. The molecule has 0 saturated heterocycles. The summed E-state index contributed by atoms with van der Waals surface area (Å²) >= 11 is 0. The van der Waals surface area contributed by atoms with Gasteiger partial charge in [-0.25, -0.2) is 0 Å². The van der Waals surface area contributed by atoms with Gasteiger partial charge in [-0.05, 0) is 68.2 Å². The highest BCUT2D eigenvalue weighted by molar-refractivity contribution is 5.61. The number of alkyl halides is 6. The second-order valence-corrected chi connectivity index (χ2v) is 9.96. The maximum absolute atomic E-state index is 13.7. The van der Waals surface area contributed by atoms with E-state index in [0.717, 1.165) is 25.0 Å². The number of nitrogens with two attached hydrogens (primary N) is 2. The molecule has 0 bridgehead atoms. The van der Waals surface area contributed by atoms with Gasteiger partial charge in [0.25, 0.3) is 0 Å². The summed E-state index contributed by atoms with van der Waals surface area (Å²) < 4.78 is 82.2. The Morgan fingerprint density at radius 2 is 0.973 bits per heavy atom. The van der Waals surface area contributed by atoms with E-state index in [1.165, 1.54) is 0 Å². The normalized spacial score (nSPS) is 15.9. The summed E-state index contributed by atoms with van der Waals surface area (Å²) in [5.74, 6) is 0. The van der Waals surface area contributed by atoms with Gasteiger partial charge in [0.05, 0.1) is 0 Å². The molecule has 0 radical (unpaired) electrons. The van der Waals surface area contributed by atoms with Gasteiger partial charge in [0, 0.05) is 22.5 Å². The molecule has 6 N–H and O–H groups in total. The molecular weight excluding hydrogens is 498 g/mol. The van der Waals surface area contributed by atoms with E-state index in [4.69, 9.17) is 11.5 Å². The minimum absolute atomic E-state index is 0.0549. The van der Waals surface area contributed by atoms with Crippen molar-refractivity contribution < 1.29 is 36.6 Å². The lowest BCUT2D eigenvalue weighted by molar-refractivity contribution is -0.258. The van der Waals surface area contributed by atoms with Gasteiger partial charge in [0.15, 0.2) is 11.2 Å². The second-order valence-electron chi connectivity index (χ2n) is 9.96. The van der Waals surface area contributed by atoms with Crippen LogP contribution in [0.15, 0.2) is 24.3 Å². The van der Waals surface area contributed by atoms with Crippen LogP contribution < -0.4 is 11.5 Å². The molecule has 0 aliphatic rings. The third kappa shape index (κ3) is 6.52. The molecule has 37 heavy (non-hydrogen) atoms. The van der Waals surface area contributed by atoms with E-state index in [9.17, 15) is 36.6 Å². The molecule has 0 heterocycles. The van der Waals surface area contributed by atoms with Crippen LogP contribution in [-0.2, 0) is 30.5 Å². The van der Waals surface area contributed by atoms with Crippen molar-refractivity contribution in [2.24, 2.45) is 0 Å². The number of halogens is 6. The van der Waals surface area contributed by atoms with E-state index in [1.807, 2.05) is 13.8 Å². The van der Waals surface area contributed by atoms with Crippen LogP contribution in [0.3, 0.4) is 0 Å². The van der Waals surface area contributed by atoms with E-state index >= 15 is 0 Å². The Balaban J connectivity index is 2.72. The maximum Gasteiger partial charge on any atom is 0.421 e. The van der Waals surface area contributed by atoms with Crippen LogP contribution in [0.1, 0.15) is 86.8 Å². The molecule has 0 saturated carbocycles. The molecule has 0 spiro atoms. The van der Waals surface area contributed by atoms with Gasteiger partial charge in [-0.3, -0.25) is 0 Å². The summed E-state index contributed by atoms with van der Waals surface area (Å²) in [5.41, 5.74) is 5.83. The first-order valence-corrected chi connectivity index (χ1v) is 12.3. The van der Waals surface area contributed by atoms with Gasteiger partial charge in [-0.15, -0.1) is 0 Å². The fourth-order valence-corrected chi connectivity index (χ4v) is 4.26. The van der Waals surface area contributed by atoms with Crippen LogP contribution >= 0.6 is 0 Å². The Bertz CT molecular complexity index is 1010. The maximum atomic E-state index is 13.7. The molecule has 10 heteroatoms. The van der Waals surface area contributed by atoms with Gasteiger partial charge in [0.2, 0.25) is 0 Å². The molecule has 2 atom stereocenters. The minimum Gasteiger partial charge on any atom is -0.398 e. The molecular formula is C27H36F6N2O2. The molecule has 2 aromatic carbocycles. The lowest BCUT2D eigenvalue weighted by atomic mass is 9.85. The highest BCUT2D eigenvalue weighted by Gasteiger charge is 2.53. The van der Waals surface area contributed by atoms with Crippen molar-refractivity contribution in [1.82, 2.24) is 0 Å². The van der Waals surface area contributed by atoms with Gasteiger partial charge >= 0.3 is 12.4 Å². The van der Waals surface area contributed by atoms with Crippen molar-refractivity contribution in [3.05, 3.63) is 57.6 Å². The summed E-state index contributed by atoms with van der Waals surface area (Å²) in [7, 11) is 0. The zero-order valence-electron chi connectivity index (χ0n) is 21.6. The Morgan fingerprint density at radius 3 is 1.24 bits per heavy atom. The highest BCUT2D eigenvalue weighted by atomic mass is 19.4. The first kappa shape index (κ1) is 30.8. The van der Waals surface area contributed by atoms with Crippen LogP contribution in [0.2, 0.25) is 0 Å². The number of nitrogen functional groups attached to an aromatic ring is 2. The van der Waals surface area contributed by atoms with Crippen LogP contribution in [-0.4, -0.2) is 22.6 Å². The second kappa shape index (κ2) is 11.1. The van der Waals surface area contributed by atoms with Crippen molar-refractivity contribution in [2.75, 3.05) is 11.5 Å². The van der Waals surface area contributed by atoms with Crippen molar-refractivity contribution >= 4 is 11.4 Å². The van der Waals surface area contributed by atoms with E-state index in [-0.39, 0.29) is 17.8 Å².